The van der Waals surface area contributed by atoms with Crippen LogP contribution in [0.3, 0.4) is 0 Å². The number of hydrogen-bond donors (Lipinski definition) is 1. The van der Waals surface area contributed by atoms with Crippen molar-refractivity contribution in [1.82, 2.24) is 5.32 Å². The predicted molar refractivity (Wildman–Crippen MR) is 165 cm³/mol. The van der Waals surface area contributed by atoms with Crippen LogP contribution in [-0.4, -0.2) is 34.9 Å². The maximum Gasteiger partial charge on any atom is 1.00 e. The topological polar surface area (TPSA) is 116 Å². The molecule has 4 aromatic carbocycles. The van der Waals surface area contributed by atoms with Crippen LogP contribution >= 0.6 is 11.8 Å². The van der Waals surface area contributed by atoms with E-state index in [0.717, 1.165) is 22.3 Å². The summed E-state index contributed by atoms with van der Waals surface area (Å²) in [7, 11) is 0. The Morgan fingerprint density at radius 3 is 2.21 bits per heavy atom. The molecule has 0 heterocycles. The Labute approximate surface area is 267 Å². The van der Waals surface area contributed by atoms with E-state index < -0.39 is 17.9 Å². The van der Waals surface area contributed by atoms with Crippen LogP contribution in [0.1, 0.15) is 33.5 Å². The fourth-order valence-corrected chi connectivity index (χ4v) is 5.31. The first-order chi connectivity index (χ1) is 20.3. The number of carbonyl (C=O) groups is 2. The van der Waals surface area contributed by atoms with Crippen LogP contribution < -0.4 is 34.2 Å². The molecule has 1 N–H and O–H groups in total. The van der Waals surface area contributed by atoms with Gasteiger partial charge in [0, 0.05) is 24.7 Å². The fourth-order valence-electron chi connectivity index (χ4n) is 4.84. The van der Waals surface area contributed by atoms with E-state index >= 15 is 0 Å². The number of anilines is 1. The van der Waals surface area contributed by atoms with Crippen LogP contribution in [0.15, 0.2) is 97.1 Å². The molecule has 4 rings (SSSR count). The molecule has 0 aromatic heterocycles. The normalized spacial score (nSPS) is 11.2. The number of benzene rings is 4. The Kier molecular flexibility index (Phi) is 12.4. The molecule has 0 aliphatic rings. The number of carboxylic acid groups (broad SMARTS) is 1. The third-order valence-electron chi connectivity index (χ3n) is 6.97. The molecule has 0 bridgehead atoms. The van der Waals surface area contributed by atoms with E-state index in [-0.39, 0.29) is 35.9 Å². The molecule has 10 heteroatoms. The van der Waals surface area contributed by atoms with Crippen LogP contribution in [-0.2, 0) is 17.9 Å². The third kappa shape index (κ3) is 8.74. The molecule has 0 saturated heterocycles. The van der Waals surface area contributed by atoms with Crippen LogP contribution in [0.2, 0.25) is 0 Å². The molecule has 1 amide bonds. The number of nitro benzene ring substituents is 1. The molecular formula is C33H32LiN3O5S. The molecule has 43 heavy (non-hydrogen) atoms. The Hall–Kier alpha value is -4.03. The minimum Gasteiger partial charge on any atom is -0.548 e. The van der Waals surface area contributed by atoms with Crippen LogP contribution in [0.5, 0.6) is 0 Å². The number of carboxylic acids is 1. The number of para-hydroxylation sites is 2. The summed E-state index contributed by atoms with van der Waals surface area (Å²) in [4.78, 5) is 38.7. The number of nitrogens with one attached hydrogen (secondary N) is 1. The van der Waals surface area contributed by atoms with Gasteiger partial charge in [0.05, 0.1) is 16.9 Å². The maximum absolute atomic E-state index is 13.4. The van der Waals surface area contributed by atoms with Gasteiger partial charge in [-0.1, -0.05) is 72.8 Å². The summed E-state index contributed by atoms with van der Waals surface area (Å²) in [6.45, 7) is 2.70. The summed E-state index contributed by atoms with van der Waals surface area (Å²) >= 11 is 1.49. The molecule has 0 saturated carbocycles. The maximum atomic E-state index is 13.4. The quantitative estimate of drug-likeness (QED) is 0.145. The Morgan fingerprint density at radius 2 is 1.53 bits per heavy atom. The van der Waals surface area contributed by atoms with Gasteiger partial charge in [-0.05, 0) is 71.4 Å². The molecule has 8 nitrogen and oxygen atoms in total. The molecule has 1 unspecified atom stereocenters. The van der Waals surface area contributed by atoms with Gasteiger partial charge < -0.3 is 20.1 Å². The molecule has 0 fully saturated rings. The largest absolute Gasteiger partial charge is 1.00 e. The zero-order valence-electron chi connectivity index (χ0n) is 24.5. The van der Waals surface area contributed by atoms with E-state index in [2.05, 4.69) is 5.32 Å². The van der Waals surface area contributed by atoms with Crippen LogP contribution in [0.25, 0.3) is 11.1 Å². The standard InChI is InChI=1S/C33H33N3O5S.Li/c1-23-10-6-7-13-26(23)28-20-25(16-17-27(28)32(37)34-29(33(38)39)18-19-42-2)22-35(21-24-11-4-3-5-12-24)30-14-8-9-15-31(30)36(40)41;/h3-17,20,29H,18-19,21-22H2,1-2H3,(H,34,37)(H,38,39);/q;+1/p-1. The Morgan fingerprint density at radius 1 is 0.884 bits per heavy atom. The summed E-state index contributed by atoms with van der Waals surface area (Å²) in [6.07, 6.45) is 2.12. The minimum absolute atomic E-state index is 0. The first-order valence-corrected chi connectivity index (χ1v) is 14.9. The molecule has 1 atom stereocenters. The number of hydrogen-bond acceptors (Lipinski definition) is 7. The SMILES string of the molecule is CSCCC(NC(=O)c1ccc(CN(Cc2ccccc2)c2ccccc2[N+](=O)[O-])cc1-c1ccccc1C)C(=O)[O-].[Li+]. The second-order valence-corrected chi connectivity index (χ2v) is 10.9. The van der Waals surface area contributed by atoms with E-state index in [1.165, 1.54) is 17.8 Å². The fraction of sp³-hybridized carbons (Fsp3) is 0.212. The van der Waals surface area contributed by atoms with Crippen LogP contribution in [0, 0.1) is 17.0 Å². The first kappa shape index (κ1) is 33.5. The summed E-state index contributed by atoms with van der Waals surface area (Å²) in [5.74, 6) is -1.27. The van der Waals surface area contributed by atoms with E-state index in [4.69, 9.17) is 0 Å². The average Bonchev–Trinajstić information content (AvgIpc) is 2.99. The van der Waals surface area contributed by atoms with Crippen LogP contribution in [0.4, 0.5) is 11.4 Å². The number of carbonyl (C=O) groups excluding carboxylic acids is 2. The molecule has 0 aliphatic carbocycles. The Balaban J connectivity index is 0.00000506. The van der Waals surface area contributed by atoms with Gasteiger partial charge in [-0.2, -0.15) is 11.8 Å². The van der Waals surface area contributed by atoms with Gasteiger partial charge in [0.2, 0.25) is 0 Å². The van der Waals surface area contributed by atoms with E-state index in [9.17, 15) is 24.8 Å². The van der Waals surface area contributed by atoms with Crippen molar-refractivity contribution in [2.75, 3.05) is 16.9 Å². The second kappa shape index (κ2) is 16.0. The van der Waals surface area contributed by atoms with Gasteiger partial charge in [-0.3, -0.25) is 14.9 Å². The molecule has 4 aromatic rings. The van der Waals surface area contributed by atoms with Crippen molar-refractivity contribution in [2.24, 2.45) is 0 Å². The van der Waals surface area contributed by atoms with Crippen molar-refractivity contribution in [3.63, 3.8) is 0 Å². The van der Waals surface area contributed by atoms with Crippen molar-refractivity contribution in [3.8, 4) is 11.1 Å². The number of amides is 1. The molecule has 0 spiro atoms. The number of aryl methyl sites for hydroxylation is 1. The minimum atomic E-state index is -1.33. The number of nitrogens with zero attached hydrogens (tertiary/aromatic N) is 2. The molecule has 0 aliphatic heterocycles. The van der Waals surface area contributed by atoms with Crippen molar-refractivity contribution < 1.29 is 38.5 Å². The van der Waals surface area contributed by atoms with Gasteiger partial charge in [0.1, 0.15) is 5.69 Å². The zero-order valence-corrected chi connectivity index (χ0v) is 25.3. The molecular weight excluding hydrogens is 557 g/mol. The smallest absolute Gasteiger partial charge is 0.548 e. The van der Waals surface area contributed by atoms with Gasteiger partial charge in [0.15, 0.2) is 0 Å². The summed E-state index contributed by atoms with van der Waals surface area (Å²) in [5, 5.41) is 26.3. The number of rotatable bonds is 13. The van der Waals surface area contributed by atoms with Crippen molar-refractivity contribution >= 4 is 35.0 Å². The van der Waals surface area contributed by atoms with E-state index in [0.29, 0.717) is 35.7 Å². The number of thioether (sulfide) groups is 1. The van der Waals surface area contributed by atoms with E-state index in [1.54, 1.807) is 30.3 Å². The van der Waals surface area contributed by atoms with Gasteiger partial charge in [-0.15, -0.1) is 0 Å². The van der Waals surface area contributed by atoms with Crippen molar-refractivity contribution in [3.05, 3.63) is 129 Å². The Bertz CT molecular complexity index is 1570. The number of aliphatic carboxylic acids is 1. The molecule has 0 radical (unpaired) electrons. The average molecular weight is 590 g/mol. The third-order valence-corrected chi connectivity index (χ3v) is 7.62. The van der Waals surface area contributed by atoms with Gasteiger partial charge in [-0.25, -0.2) is 0 Å². The van der Waals surface area contributed by atoms with Crippen molar-refractivity contribution in [2.45, 2.75) is 32.5 Å². The monoisotopic (exact) mass is 589 g/mol. The van der Waals surface area contributed by atoms with Gasteiger partial charge in [0.25, 0.3) is 11.6 Å². The number of nitro groups is 1. The van der Waals surface area contributed by atoms with E-state index in [1.807, 2.05) is 78.7 Å². The van der Waals surface area contributed by atoms with Crippen molar-refractivity contribution in [1.29, 1.82) is 0 Å². The second-order valence-electron chi connectivity index (χ2n) is 9.91. The summed E-state index contributed by atoms with van der Waals surface area (Å²) < 4.78 is 0. The van der Waals surface area contributed by atoms with Gasteiger partial charge >= 0.3 is 18.9 Å². The predicted octanol–water partition coefficient (Wildman–Crippen LogP) is 2.38. The molecule has 216 valence electrons. The first-order valence-electron chi connectivity index (χ1n) is 13.5. The summed E-state index contributed by atoms with van der Waals surface area (Å²) in [6, 6.07) is 28.3. The summed E-state index contributed by atoms with van der Waals surface area (Å²) in [5.41, 5.74) is 5.07. The zero-order chi connectivity index (χ0) is 30.1.